The zero-order chi connectivity index (χ0) is 12.3. The van der Waals surface area contributed by atoms with Gasteiger partial charge in [0.15, 0.2) is 6.17 Å². The van der Waals surface area contributed by atoms with E-state index in [0.717, 1.165) is 5.56 Å². The predicted octanol–water partition coefficient (Wildman–Crippen LogP) is 3.08. The molecule has 0 saturated carbocycles. The predicted molar refractivity (Wildman–Crippen MR) is 67.2 cm³/mol. The quantitative estimate of drug-likeness (QED) is 0.869. The van der Waals surface area contributed by atoms with E-state index in [1.165, 1.54) is 6.08 Å². The molecule has 1 aliphatic carbocycles. The van der Waals surface area contributed by atoms with Crippen molar-refractivity contribution in [3.8, 4) is 0 Å². The van der Waals surface area contributed by atoms with Crippen molar-refractivity contribution >= 4 is 15.9 Å². The fraction of sp³-hybridized carbons (Fsp3) is 0.231. The molecule has 4 heteroatoms. The van der Waals surface area contributed by atoms with Crippen LogP contribution >= 0.6 is 15.9 Å². The van der Waals surface area contributed by atoms with Crippen LogP contribution in [0.1, 0.15) is 5.56 Å². The van der Waals surface area contributed by atoms with Gasteiger partial charge < -0.3 is 9.84 Å². The molecule has 0 bridgehead atoms. The van der Waals surface area contributed by atoms with Crippen LogP contribution in [0.2, 0.25) is 0 Å². The fourth-order valence-electron chi connectivity index (χ4n) is 1.54. The number of ether oxygens (including phenoxy) is 1. The molecule has 1 aromatic carbocycles. The second-order valence-corrected chi connectivity index (χ2v) is 4.72. The highest BCUT2D eigenvalue weighted by Crippen LogP contribution is 2.31. The van der Waals surface area contributed by atoms with E-state index in [1.54, 1.807) is 12.2 Å². The highest BCUT2D eigenvalue weighted by molar-refractivity contribution is 9.11. The lowest BCUT2D eigenvalue weighted by atomic mass is 10.1. The van der Waals surface area contributed by atoms with E-state index >= 15 is 0 Å². The fourth-order valence-corrected chi connectivity index (χ4v) is 2.02. The Hall–Kier alpha value is -0.970. The topological polar surface area (TPSA) is 29.5 Å². The molecular weight excluding hydrogens is 287 g/mol. The number of hydrogen-bond donors (Lipinski definition) is 1. The molecule has 17 heavy (non-hydrogen) atoms. The van der Waals surface area contributed by atoms with E-state index in [0.29, 0.717) is 0 Å². The maximum Gasteiger partial charge on any atom is 0.223 e. The molecule has 1 aromatic rings. The van der Waals surface area contributed by atoms with Crippen LogP contribution in [0, 0.1) is 0 Å². The van der Waals surface area contributed by atoms with Crippen LogP contribution in [-0.2, 0) is 11.3 Å². The molecule has 1 N–H and O–H groups in total. The molecule has 0 fully saturated rings. The van der Waals surface area contributed by atoms with Gasteiger partial charge >= 0.3 is 0 Å². The number of hydrogen-bond acceptors (Lipinski definition) is 2. The van der Waals surface area contributed by atoms with Gasteiger partial charge in [-0.3, -0.25) is 0 Å². The first-order valence-electron chi connectivity index (χ1n) is 5.21. The van der Waals surface area contributed by atoms with Gasteiger partial charge in [0.25, 0.3) is 0 Å². The lowest BCUT2D eigenvalue weighted by molar-refractivity contribution is -0.203. The van der Waals surface area contributed by atoms with Gasteiger partial charge in [-0.15, -0.1) is 0 Å². The van der Waals surface area contributed by atoms with Crippen molar-refractivity contribution in [1.82, 2.24) is 0 Å². The van der Waals surface area contributed by atoms with Crippen molar-refractivity contribution in [2.24, 2.45) is 0 Å². The molecule has 2 atom stereocenters. The van der Waals surface area contributed by atoms with Gasteiger partial charge in [0.1, 0.15) is 0 Å². The van der Waals surface area contributed by atoms with E-state index in [-0.39, 0.29) is 11.1 Å². The zero-order valence-electron chi connectivity index (χ0n) is 9.01. The number of allylic oxidation sites excluding steroid dienone is 2. The maximum atomic E-state index is 13.8. The van der Waals surface area contributed by atoms with Crippen LogP contribution in [-0.4, -0.2) is 17.1 Å². The Labute approximate surface area is 108 Å². The minimum atomic E-state index is -1.90. The highest BCUT2D eigenvalue weighted by atomic mass is 79.9. The average molecular weight is 299 g/mol. The Kier molecular flexibility index (Phi) is 3.76. The Morgan fingerprint density at radius 2 is 2.06 bits per heavy atom. The average Bonchev–Trinajstić information content (AvgIpc) is 2.35. The van der Waals surface area contributed by atoms with E-state index in [9.17, 15) is 9.50 Å². The third-order valence-electron chi connectivity index (χ3n) is 2.51. The summed E-state index contributed by atoms with van der Waals surface area (Å²) in [5.74, 6) is -1.90. The molecule has 0 amide bonds. The van der Waals surface area contributed by atoms with Crippen LogP contribution in [0.15, 0.2) is 53.0 Å². The lowest BCUT2D eigenvalue weighted by Gasteiger charge is -2.30. The number of alkyl halides is 1. The molecule has 0 aliphatic heterocycles. The van der Waals surface area contributed by atoms with Crippen molar-refractivity contribution in [2.45, 2.75) is 18.6 Å². The summed E-state index contributed by atoms with van der Waals surface area (Å²) in [5, 5.41) is 10.0. The van der Waals surface area contributed by atoms with Gasteiger partial charge in [0, 0.05) is 4.48 Å². The molecule has 2 unspecified atom stereocenters. The van der Waals surface area contributed by atoms with Gasteiger partial charge in [-0.25, -0.2) is 4.39 Å². The first-order valence-corrected chi connectivity index (χ1v) is 6.00. The van der Waals surface area contributed by atoms with Crippen molar-refractivity contribution in [3.05, 3.63) is 58.6 Å². The summed E-state index contributed by atoms with van der Waals surface area (Å²) < 4.78 is 19.3. The number of aliphatic hydroxyl groups is 1. The number of halogens is 2. The Morgan fingerprint density at radius 3 is 2.76 bits per heavy atom. The third kappa shape index (κ3) is 2.83. The van der Waals surface area contributed by atoms with Crippen molar-refractivity contribution < 1.29 is 14.2 Å². The second kappa shape index (κ2) is 5.12. The first kappa shape index (κ1) is 12.5. The van der Waals surface area contributed by atoms with Gasteiger partial charge in [0.05, 0.1) is 6.61 Å². The molecule has 0 spiro atoms. The minimum Gasteiger partial charge on any atom is -0.360 e. The Morgan fingerprint density at radius 1 is 1.35 bits per heavy atom. The van der Waals surface area contributed by atoms with Crippen molar-refractivity contribution in [1.29, 1.82) is 0 Å². The summed E-state index contributed by atoms with van der Waals surface area (Å²) in [6, 6.07) is 9.32. The highest BCUT2D eigenvalue weighted by Gasteiger charge is 2.39. The molecule has 0 radical (unpaired) electrons. The smallest absolute Gasteiger partial charge is 0.223 e. The van der Waals surface area contributed by atoms with Crippen LogP contribution < -0.4 is 0 Å². The summed E-state index contributed by atoms with van der Waals surface area (Å²) in [4.78, 5) is 0. The molecule has 2 rings (SSSR count). The monoisotopic (exact) mass is 298 g/mol. The van der Waals surface area contributed by atoms with Gasteiger partial charge in [0.2, 0.25) is 5.79 Å². The van der Waals surface area contributed by atoms with Gasteiger partial charge in [-0.05, 0) is 17.7 Å². The molecule has 0 aromatic heterocycles. The third-order valence-corrected chi connectivity index (χ3v) is 3.17. The summed E-state index contributed by atoms with van der Waals surface area (Å²) in [5.41, 5.74) is 0.882. The Bertz CT molecular complexity index is 444. The van der Waals surface area contributed by atoms with E-state index in [2.05, 4.69) is 15.9 Å². The molecule has 0 heterocycles. The SMILES string of the molecule is OC1(OCc2ccccc2)C=CC=C(Br)C1F. The van der Waals surface area contributed by atoms with Crippen molar-refractivity contribution in [3.63, 3.8) is 0 Å². The molecule has 2 nitrogen and oxygen atoms in total. The first-order chi connectivity index (χ1) is 8.12. The van der Waals surface area contributed by atoms with E-state index in [1.807, 2.05) is 30.3 Å². The lowest BCUT2D eigenvalue weighted by Crippen LogP contribution is -2.41. The van der Waals surface area contributed by atoms with Crippen LogP contribution in [0.25, 0.3) is 0 Å². The zero-order valence-corrected chi connectivity index (χ0v) is 10.6. The summed E-state index contributed by atoms with van der Waals surface area (Å²) in [6.07, 6.45) is 2.82. The van der Waals surface area contributed by atoms with Crippen LogP contribution in [0.4, 0.5) is 4.39 Å². The van der Waals surface area contributed by atoms with E-state index in [4.69, 9.17) is 4.74 Å². The van der Waals surface area contributed by atoms with Crippen LogP contribution in [0.3, 0.4) is 0 Å². The molecule has 90 valence electrons. The number of benzene rings is 1. The van der Waals surface area contributed by atoms with Gasteiger partial charge in [-0.1, -0.05) is 52.3 Å². The standard InChI is InChI=1S/C13H12BrFO2/c14-11-7-4-8-13(16,12(11)15)17-9-10-5-2-1-3-6-10/h1-8,12,16H,9H2. The molecular formula is C13H12BrFO2. The Balaban J connectivity index is 2.04. The maximum absolute atomic E-state index is 13.8. The molecule has 1 aliphatic rings. The second-order valence-electron chi connectivity index (χ2n) is 3.80. The minimum absolute atomic E-state index is 0.155. The van der Waals surface area contributed by atoms with Crippen LogP contribution in [0.5, 0.6) is 0 Å². The largest absolute Gasteiger partial charge is 0.360 e. The normalized spacial score (nSPS) is 27.9. The summed E-state index contributed by atoms with van der Waals surface area (Å²) >= 11 is 3.05. The summed E-state index contributed by atoms with van der Waals surface area (Å²) in [7, 11) is 0. The summed E-state index contributed by atoms with van der Waals surface area (Å²) in [6.45, 7) is 0.155. The van der Waals surface area contributed by atoms with E-state index < -0.39 is 12.0 Å². The van der Waals surface area contributed by atoms with Crippen molar-refractivity contribution in [2.75, 3.05) is 0 Å². The van der Waals surface area contributed by atoms with Gasteiger partial charge in [-0.2, -0.15) is 0 Å². The molecule has 0 saturated heterocycles. The number of rotatable bonds is 3.